The Morgan fingerprint density at radius 2 is 1.93 bits per heavy atom. The zero-order valence-electron chi connectivity index (χ0n) is 14.4. The van der Waals surface area contributed by atoms with Gasteiger partial charge in [0.1, 0.15) is 6.29 Å². The Bertz CT molecular complexity index is 853. The highest BCUT2D eigenvalue weighted by Crippen LogP contribution is 2.32. The molecule has 0 aliphatic carbocycles. The number of urea groups is 1. The van der Waals surface area contributed by atoms with Gasteiger partial charge in [-0.25, -0.2) is 4.79 Å². The fourth-order valence-electron chi connectivity index (χ4n) is 2.26. The zero-order chi connectivity index (χ0) is 19.8. The van der Waals surface area contributed by atoms with E-state index >= 15 is 0 Å². The van der Waals surface area contributed by atoms with Crippen molar-refractivity contribution in [3.63, 3.8) is 0 Å². The summed E-state index contributed by atoms with van der Waals surface area (Å²) in [4.78, 5) is 45.6. The number of carbonyl (C=O) groups excluding carboxylic acids is 3. The van der Waals surface area contributed by atoms with Crippen LogP contribution in [0, 0.1) is 10.1 Å². The van der Waals surface area contributed by atoms with E-state index in [2.05, 4.69) is 10.6 Å². The van der Waals surface area contributed by atoms with Gasteiger partial charge in [-0.05, 0) is 19.1 Å². The third kappa shape index (κ3) is 5.11. The topological polar surface area (TPSA) is 128 Å². The molecule has 0 aliphatic heterocycles. The summed E-state index contributed by atoms with van der Waals surface area (Å²) in [6.45, 7) is 2.00. The number of hydrogen-bond donors (Lipinski definition) is 2. The van der Waals surface area contributed by atoms with Gasteiger partial charge >= 0.3 is 11.7 Å². The van der Waals surface area contributed by atoms with E-state index < -0.39 is 28.7 Å². The number of benzene rings is 2. The first-order valence-electron chi connectivity index (χ1n) is 8.00. The van der Waals surface area contributed by atoms with Crippen molar-refractivity contribution in [2.45, 2.75) is 13.0 Å². The first-order chi connectivity index (χ1) is 13.0. The summed E-state index contributed by atoms with van der Waals surface area (Å²) in [5.41, 5.74) is 0.0245. The van der Waals surface area contributed by atoms with Gasteiger partial charge in [0.05, 0.1) is 4.92 Å². The molecule has 0 aromatic heterocycles. The number of nitro benzene ring substituents is 1. The van der Waals surface area contributed by atoms with E-state index in [0.29, 0.717) is 18.4 Å². The summed E-state index contributed by atoms with van der Waals surface area (Å²) in [6, 6.07) is 11.1. The van der Waals surface area contributed by atoms with Crippen molar-refractivity contribution in [2.75, 3.05) is 6.54 Å². The monoisotopic (exact) mass is 371 g/mol. The average Bonchev–Trinajstić information content (AvgIpc) is 2.66. The Morgan fingerprint density at radius 3 is 2.52 bits per heavy atom. The van der Waals surface area contributed by atoms with Crippen LogP contribution in [-0.2, 0) is 4.79 Å². The molecule has 0 saturated carbocycles. The molecular formula is C18H17N3O6. The quantitative estimate of drug-likeness (QED) is 0.437. The van der Waals surface area contributed by atoms with Gasteiger partial charge in [-0.1, -0.05) is 30.3 Å². The lowest BCUT2D eigenvalue weighted by molar-refractivity contribution is -0.386. The molecule has 2 aromatic carbocycles. The molecule has 2 aromatic rings. The number of rotatable bonds is 7. The van der Waals surface area contributed by atoms with Crippen LogP contribution in [-0.4, -0.2) is 29.7 Å². The highest BCUT2D eigenvalue weighted by Gasteiger charge is 2.27. The van der Waals surface area contributed by atoms with Crippen LogP contribution in [0.5, 0.6) is 5.75 Å². The molecule has 140 valence electrons. The highest BCUT2D eigenvalue weighted by molar-refractivity contribution is 5.97. The summed E-state index contributed by atoms with van der Waals surface area (Å²) in [6.07, 6.45) is -0.845. The summed E-state index contributed by atoms with van der Waals surface area (Å²) < 4.78 is 5.58. The number of aldehydes is 1. The van der Waals surface area contributed by atoms with Crippen LogP contribution in [0.3, 0.4) is 0 Å². The molecule has 0 saturated heterocycles. The fraction of sp³-hybridized carbons (Fsp3) is 0.167. The van der Waals surface area contributed by atoms with Gasteiger partial charge in [0.25, 0.3) is 5.91 Å². The zero-order valence-corrected chi connectivity index (χ0v) is 14.4. The number of amides is 3. The van der Waals surface area contributed by atoms with Crippen LogP contribution in [0.15, 0.2) is 48.5 Å². The molecule has 0 aliphatic rings. The van der Waals surface area contributed by atoms with Crippen LogP contribution in [0.25, 0.3) is 0 Å². The van der Waals surface area contributed by atoms with E-state index in [0.717, 1.165) is 6.07 Å². The lowest BCUT2D eigenvalue weighted by Gasteiger charge is -2.19. The predicted octanol–water partition coefficient (Wildman–Crippen LogP) is 2.37. The second-order valence-electron chi connectivity index (χ2n) is 5.36. The van der Waals surface area contributed by atoms with E-state index in [9.17, 15) is 24.5 Å². The summed E-state index contributed by atoms with van der Waals surface area (Å²) in [5, 5.41) is 15.8. The van der Waals surface area contributed by atoms with E-state index in [1.54, 1.807) is 37.3 Å². The third-order valence-corrected chi connectivity index (χ3v) is 3.48. The van der Waals surface area contributed by atoms with Crippen molar-refractivity contribution < 1.29 is 24.0 Å². The lowest BCUT2D eigenvalue weighted by atomic mass is 10.1. The van der Waals surface area contributed by atoms with Crippen molar-refractivity contribution in [2.24, 2.45) is 0 Å². The largest absolute Gasteiger partial charge is 0.469 e. The van der Waals surface area contributed by atoms with Gasteiger partial charge < -0.3 is 10.1 Å². The SMILES string of the molecule is CCNC(=O)NC(=O)[C@H](Oc1ccc(C=O)cc1[N+](=O)[O-])c1ccccc1. The maximum absolute atomic E-state index is 12.5. The van der Waals surface area contributed by atoms with Crippen molar-refractivity contribution in [1.29, 1.82) is 0 Å². The minimum absolute atomic E-state index is 0.0945. The molecule has 9 heteroatoms. The third-order valence-electron chi connectivity index (χ3n) is 3.48. The van der Waals surface area contributed by atoms with Crippen LogP contribution in [0.4, 0.5) is 10.5 Å². The van der Waals surface area contributed by atoms with Crippen molar-refractivity contribution in [1.82, 2.24) is 10.6 Å². The van der Waals surface area contributed by atoms with E-state index in [1.807, 2.05) is 0 Å². The Morgan fingerprint density at radius 1 is 1.22 bits per heavy atom. The number of hydrogen-bond acceptors (Lipinski definition) is 6. The van der Waals surface area contributed by atoms with Gasteiger partial charge in [-0.3, -0.25) is 25.0 Å². The van der Waals surface area contributed by atoms with Crippen LogP contribution >= 0.6 is 0 Å². The Balaban J connectivity index is 2.38. The van der Waals surface area contributed by atoms with Gasteiger partial charge in [-0.2, -0.15) is 0 Å². The Labute approximate surface area is 154 Å². The Hall–Kier alpha value is -3.75. The molecule has 0 unspecified atom stereocenters. The van der Waals surface area contributed by atoms with Crippen molar-refractivity contribution in [3.8, 4) is 5.75 Å². The van der Waals surface area contributed by atoms with E-state index in [-0.39, 0.29) is 11.3 Å². The fourth-order valence-corrected chi connectivity index (χ4v) is 2.26. The number of ether oxygens (including phenoxy) is 1. The molecule has 0 spiro atoms. The number of nitro groups is 1. The summed E-state index contributed by atoms with van der Waals surface area (Å²) >= 11 is 0. The highest BCUT2D eigenvalue weighted by atomic mass is 16.6. The van der Waals surface area contributed by atoms with Gasteiger partial charge in [-0.15, -0.1) is 0 Å². The number of nitrogens with one attached hydrogen (secondary N) is 2. The van der Waals surface area contributed by atoms with Gasteiger partial charge in [0.2, 0.25) is 6.10 Å². The molecule has 3 amide bonds. The van der Waals surface area contributed by atoms with E-state index in [4.69, 9.17) is 4.74 Å². The second kappa shape index (κ2) is 9.09. The number of imide groups is 1. The predicted molar refractivity (Wildman–Crippen MR) is 95.5 cm³/mol. The second-order valence-corrected chi connectivity index (χ2v) is 5.36. The molecule has 0 heterocycles. The molecule has 9 nitrogen and oxygen atoms in total. The molecule has 2 rings (SSSR count). The first-order valence-corrected chi connectivity index (χ1v) is 8.00. The maximum atomic E-state index is 12.5. The van der Waals surface area contributed by atoms with Crippen LogP contribution < -0.4 is 15.4 Å². The molecule has 2 N–H and O–H groups in total. The van der Waals surface area contributed by atoms with Crippen LogP contribution in [0.1, 0.15) is 28.9 Å². The standard InChI is InChI=1S/C18H17N3O6/c1-2-19-18(24)20-17(23)16(13-6-4-3-5-7-13)27-15-9-8-12(11-22)10-14(15)21(25)26/h3-11,16H,2H2,1H3,(H2,19,20,23,24)/t16-/m1/s1. The molecule has 0 radical (unpaired) electrons. The minimum Gasteiger partial charge on any atom is -0.469 e. The number of nitrogens with zero attached hydrogens (tertiary/aromatic N) is 1. The van der Waals surface area contributed by atoms with Crippen molar-refractivity contribution >= 4 is 23.9 Å². The Kier molecular flexibility index (Phi) is 6.59. The molecule has 0 fully saturated rings. The summed E-state index contributed by atoms with van der Waals surface area (Å²) in [5.74, 6) is -0.994. The molecular weight excluding hydrogens is 354 g/mol. The molecule has 1 atom stereocenters. The minimum atomic E-state index is -1.31. The molecule has 27 heavy (non-hydrogen) atoms. The van der Waals surface area contributed by atoms with Crippen LogP contribution in [0.2, 0.25) is 0 Å². The summed E-state index contributed by atoms with van der Waals surface area (Å²) in [7, 11) is 0. The number of carbonyl (C=O) groups is 3. The first kappa shape index (κ1) is 19.6. The van der Waals surface area contributed by atoms with E-state index in [1.165, 1.54) is 12.1 Å². The average molecular weight is 371 g/mol. The normalized spacial score (nSPS) is 11.1. The maximum Gasteiger partial charge on any atom is 0.321 e. The lowest BCUT2D eigenvalue weighted by Crippen LogP contribution is -2.42. The van der Waals surface area contributed by atoms with Crippen molar-refractivity contribution in [3.05, 3.63) is 69.8 Å². The van der Waals surface area contributed by atoms with Gasteiger partial charge in [0.15, 0.2) is 5.75 Å². The smallest absolute Gasteiger partial charge is 0.321 e. The van der Waals surface area contributed by atoms with Gasteiger partial charge in [0, 0.05) is 23.7 Å². The molecule has 0 bridgehead atoms.